The van der Waals surface area contributed by atoms with E-state index in [0.717, 1.165) is 0 Å². The number of amides is 2. The first kappa shape index (κ1) is 34.0. The van der Waals surface area contributed by atoms with E-state index >= 15 is 0 Å². The molecule has 0 spiro atoms. The molecule has 1 saturated carbocycles. The van der Waals surface area contributed by atoms with Gasteiger partial charge in [0.05, 0.1) is 25.9 Å². The zero-order valence-corrected chi connectivity index (χ0v) is 23.5. The summed E-state index contributed by atoms with van der Waals surface area (Å²) in [6.45, 7) is 1.80. The summed E-state index contributed by atoms with van der Waals surface area (Å²) in [4.78, 5) is 38.3. The molecule has 1 atom stereocenters. The van der Waals surface area contributed by atoms with Crippen LogP contribution < -0.4 is 16.4 Å². The lowest BCUT2D eigenvalue weighted by molar-refractivity contribution is 0.0722. The maximum atomic E-state index is 11.1. The van der Waals surface area contributed by atoms with Gasteiger partial charge in [0, 0.05) is 25.3 Å². The molecule has 0 bridgehead atoms. The molecule has 2 amide bonds. The minimum atomic E-state index is -0.684. The molecule has 0 aromatic carbocycles. The predicted molar refractivity (Wildman–Crippen MR) is 146 cm³/mol. The first-order valence-electron chi connectivity index (χ1n) is 11.5. The second-order valence-corrected chi connectivity index (χ2v) is 9.31. The summed E-state index contributed by atoms with van der Waals surface area (Å²) in [6.07, 6.45) is 6.58. The van der Waals surface area contributed by atoms with Crippen molar-refractivity contribution in [2.75, 3.05) is 37.9 Å². The third-order valence-electron chi connectivity index (χ3n) is 5.57. The molecule has 1 unspecified atom stereocenters. The van der Waals surface area contributed by atoms with Crippen LogP contribution in [0.5, 0.6) is 0 Å². The first-order valence-corrected chi connectivity index (χ1v) is 12.7. The number of rotatable bonds is 5. The molecule has 6 N–H and O–H groups in total. The molecule has 1 saturated heterocycles. The van der Waals surface area contributed by atoms with Gasteiger partial charge in [-0.15, -0.1) is 12.4 Å². The van der Waals surface area contributed by atoms with E-state index in [-0.39, 0.29) is 52.2 Å². The number of hydrogen-bond donors (Lipinski definition) is 4. The highest BCUT2D eigenvalue weighted by molar-refractivity contribution is 6.32. The molecule has 212 valence electrons. The van der Waals surface area contributed by atoms with Gasteiger partial charge in [-0.2, -0.15) is 0 Å². The lowest BCUT2D eigenvalue weighted by atomic mass is 9.90. The van der Waals surface area contributed by atoms with Crippen molar-refractivity contribution >= 4 is 64.8 Å². The smallest absolute Gasteiger partial charge is 0.267 e. The number of carbonyl (C=O) groups is 2. The Kier molecular flexibility index (Phi) is 15.7. The summed E-state index contributed by atoms with van der Waals surface area (Å²) < 4.78 is 5.26. The number of halogens is 4. The van der Waals surface area contributed by atoms with Crippen LogP contribution >= 0.6 is 47.2 Å². The summed E-state index contributed by atoms with van der Waals surface area (Å²) in [7, 11) is 0. The van der Waals surface area contributed by atoms with Crippen LogP contribution in [0.4, 0.5) is 5.82 Å². The fourth-order valence-electron chi connectivity index (χ4n) is 3.67. The zero-order valence-electron chi connectivity index (χ0n) is 20.4. The van der Waals surface area contributed by atoms with Gasteiger partial charge in [-0.05, 0) is 42.0 Å². The van der Waals surface area contributed by atoms with Gasteiger partial charge >= 0.3 is 0 Å². The number of aliphatic hydroxyl groups excluding tert-OH is 2. The largest absolute Gasteiger partial charge is 0.396 e. The van der Waals surface area contributed by atoms with Crippen molar-refractivity contribution < 1.29 is 24.5 Å². The predicted octanol–water partition coefficient (Wildman–Crippen LogP) is 2.29. The van der Waals surface area contributed by atoms with Crippen molar-refractivity contribution in [3.8, 4) is 0 Å². The normalized spacial score (nSPS) is 17.2. The summed E-state index contributed by atoms with van der Waals surface area (Å²) in [6, 6.07) is 2.49. The van der Waals surface area contributed by atoms with Crippen molar-refractivity contribution in [3.63, 3.8) is 0 Å². The van der Waals surface area contributed by atoms with Crippen LogP contribution in [0.1, 0.15) is 53.1 Å². The van der Waals surface area contributed by atoms with Crippen molar-refractivity contribution in [2.45, 2.75) is 38.1 Å². The lowest BCUT2D eigenvalue weighted by Crippen LogP contribution is -2.48. The van der Waals surface area contributed by atoms with E-state index in [1.807, 2.05) is 4.90 Å². The fourth-order valence-corrected chi connectivity index (χ4v) is 4.26. The van der Waals surface area contributed by atoms with E-state index in [4.69, 9.17) is 56.1 Å². The monoisotopic (exact) mass is 613 g/mol. The zero-order chi connectivity index (χ0) is 27.4. The average Bonchev–Trinajstić information content (AvgIpc) is 2.89. The number of aliphatic hydroxyl groups is 2. The van der Waals surface area contributed by atoms with E-state index in [0.29, 0.717) is 38.1 Å². The van der Waals surface area contributed by atoms with Gasteiger partial charge in [-0.3, -0.25) is 9.59 Å². The number of anilines is 1. The summed E-state index contributed by atoms with van der Waals surface area (Å²) in [5.41, 5.74) is 10.1. The molecular formula is C22H31Cl4N7O5. The topological polar surface area (TPSA) is 191 Å². The molecule has 2 fully saturated rings. The van der Waals surface area contributed by atoms with Crippen LogP contribution in [0.15, 0.2) is 12.1 Å². The second-order valence-electron chi connectivity index (χ2n) is 8.25. The lowest BCUT2D eigenvalue weighted by Gasteiger charge is -2.35. The number of nitrogens with zero attached hydrogens (tertiary/aromatic N) is 5. The van der Waals surface area contributed by atoms with Crippen LogP contribution in [0, 0.1) is 5.92 Å². The molecular weight excluding hydrogens is 584 g/mol. The Morgan fingerprint density at radius 3 is 2.00 bits per heavy atom. The van der Waals surface area contributed by atoms with Gasteiger partial charge in [0.2, 0.25) is 10.6 Å². The summed E-state index contributed by atoms with van der Waals surface area (Å²) in [5, 5.41) is 17.9. The van der Waals surface area contributed by atoms with Crippen LogP contribution in [0.2, 0.25) is 15.7 Å². The number of aromatic nitrogens is 4. The van der Waals surface area contributed by atoms with Crippen LogP contribution in [-0.2, 0) is 4.74 Å². The van der Waals surface area contributed by atoms with Gasteiger partial charge in [0.25, 0.3) is 11.8 Å². The van der Waals surface area contributed by atoms with E-state index in [1.165, 1.54) is 44.2 Å². The SMILES string of the molecule is Cl.NC(=O)c1cc(Cl)nc(Cl)n1.NC(=O)c1cc(N2CCOCC2CO)nc(Cl)n1.OCC1CCCCC1. The summed E-state index contributed by atoms with van der Waals surface area (Å²) in [5.74, 6) is -0.250. The Morgan fingerprint density at radius 2 is 1.50 bits per heavy atom. The van der Waals surface area contributed by atoms with Crippen molar-refractivity contribution in [1.82, 2.24) is 19.9 Å². The number of nitrogens with two attached hydrogens (primary N) is 2. The Morgan fingerprint density at radius 1 is 0.921 bits per heavy atom. The number of carbonyl (C=O) groups excluding carboxylic acids is 2. The van der Waals surface area contributed by atoms with E-state index in [9.17, 15) is 14.7 Å². The van der Waals surface area contributed by atoms with Crippen molar-refractivity contribution in [1.29, 1.82) is 0 Å². The standard InChI is InChI=1S/C10H13ClN4O3.C7H14O.C5H3Cl2N3O.ClH/c11-10-13-7(9(12)17)3-8(14-10)15-1-2-18-5-6(15)4-16;8-6-7-4-2-1-3-5-7;6-3-1-2(4(8)11)9-5(7)10-3;/h3,6,16H,1-2,4-5H2,(H2,12,17);7-8H,1-6H2;1H,(H2,8,11);1H. The average molecular weight is 615 g/mol. The van der Waals surface area contributed by atoms with E-state index in [1.54, 1.807) is 0 Å². The Hall–Kier alpha value is -2.06. The highest BCUT2D eigenvalue weighted by atomic mass is 35.5. The third kappa shape index (κ3) is 11.4. The van der Waals surface area contributed by atoms with Gasteiger partial charge < -0.3 is 31.3 Å². The first-order chi connectivity index (χ1) is 17.6. The number of primary amides is 2. The van der Waals surface area contributed by atoms with Crippen LogP contribution in [0.25, 0.3) is 0 Å². The Balaban J connectivity index is 0.000000309. The number of ether oxygens (including phenoxy) is 1. The molecule has 3 heterocycles. The molecule has 38 heavy (non-hydrogen) atoms. The maximum Gasteiger partial charge on any atom is 0.267 e. The molecule has 16 heteroatoms. The van der Waals surface area contributed by atoms with E-state index in [2.05, 4.69) is 19.9 Å². The molecule has 12 nitrogen and oxygen atoms in total. The highest BCUT2D eigenvalue weighted by Gasteiger charge is 2.25. The second kappa shape index (κ2) is 17.5. The number of morpholine rings is 1. The van der Waals surface area contributed by atoms with Crippen molar-refractivity contribution in [2.24, 2.45) is 17.4 Å². The minimum Gasteiger partial charge on any atom is -0.396 e. The van der Waals surface area contributed by atoms with Gasteiger partial charge in [0.15, 0.2) is 0 Å². The Bertz CT molecular complexity index is 1030. The van der Waals surface area contributed by atoms with Gasteiger partial charge in [-0.1, -0.05) is 30.9 Å². The highest BCUT2D eigenvalue weighted by Crippen LogP contribution is 2.22. The maximum absolute atomic E-state index is 11.1. The quantitative estimate of drug-likeness (QED) is 0.287. The molecule has 2 aromatic rings. The molecule has 2 aliphatic rings. The number of hydrogen-bond acceptors (Lipinski definition) is 10. The van der Waals surface area contributed by atoms with Crippen LogP contribution in [0.3, 0.4) is 0 Å². The van der Waals surface area contributed by atoms with Gasteiger partial charge in [-0.25, -0.2) is 19.9 Å². The molecule has 4 rings (SSSR count). The molecule has 1 aliphatic carbocycles. The fraction of sp³-hybridized carbons (Fsp3) is 0.545. The van der Waals surface area contributed by atoms with Crippen LogP contribution in [-0.4, -0.2) is 81.0 Å². The van der Waals surface area contributed by atoms with E-state index < -0.39 is 11.8 Å². The molecule has 0 radical (unpaired) electrons. The third-order valence-corrected chi connectivity index (χ3v) is 6.11. The summed E-state index contributed by atoms with van der Waals surface area (Å²) >= 11 is 16.6. The minimum absolute atomic E-state index is 0. The van der Waals surface area contributed by atoms with Crippen molar-refractivity contribution in [3.05, 3.63) is 39.2 Å². The Labute approximate surface area is 241 Å². The van der Waals surface area contributed by atoms with Gasteiger partial charge in [0.1, 0.15) is 22.4 Å². The molecule has 1 aliphatic heterocycles. The molecule has 2 aromatic heterocycles.